The molecule has 1 aromatic heterocycles. The lowest BCUT2D eigenvalue weighted by Gasteiger charge is -2.31. The van der Waals surface area contributed by atoms with Crippen molar-refractivity contribution < 1.29 is 42.2 Å². The zero-order valence-electron chi connectivity index (χ0n) is 23.2. The number of ketones is 1. The van der Waals surface area contributed by atoms with Crippen molar-refractivity contribution in [1.29, 1.82) is 0 Å². The minimum absolute atomic E-state index is 0.149. The molecule has 2 atom stereocenters. The molecule has 2 unspecified atom stereocenters. The predicted molar refractivity (Wildman–Crippen MR) is 152 cm³/mol. The molecule has 4 N–H and O–H groups in total. The number of ether oxygens (including phenoxy) is 1. The number of carboxylic acids is 1. The Hall–Kier alpha value is -5.63. The first-order valence-electron chi connectivity index (χ1n) is 13.2. The van der Waals surface area contributed by atoms with Crippen LogP contribution in [0.3, 0.4) is 0 Å². The molecule has 232 valence electrons. The molecule has 0 radical (unpaired) electrons. The number of amides is 1. The molecule has 0 fully saturated rings. The van der Waals surface area contributed by atoms with Crippen molar-refractivity contribution >= 4 is 23.6 Å². The second-order valence-corrected chi connectivity index (χ2v) is 9.73. The van der Waals surface area contributed by atoms with Crippen LogP contribution >= 0.6 is 0 Å². The van der Waals surface area contributed by atoms with E-state index in [0.717, 1.165) is 12.3 Å². The number of carbonyl (C=O) groups excluding carboxylic acids is 3. The van der Waals surface area contributed by atoms with Gasteiger partial charge in [-0.25, -0.2) is 14.6 Å². The van der Waals surface area contributed by atoms with Crippen LogP contribution in [0.15, 0.2) is 102 Å². The van der Waals surface area contributed by atoms with Gasteiger partial charge in [0.15, 0.2) is 0 Å². The van der Waals surface area contributed by atoms with Gasteiger partial charge < -0.3 is 15.2 Å². The van der Waals surface area contributed by atoms with Gasteiger partial charge in [0.1, 0.15) is 18.5 Å². The van der Waals surface area contributed by atoms with Crippen molar-refractivity contribution in [2.45, 2.75) is 30.9 Å². The number of aromatic nitrogens is 2. The molecule has 0 aliphatic carbocycles. The molecule has 4 rings (SSSR count). The molecule has 0 bridgehead atoms. The number of benzene rings is 3. The summed E-state index contributed by atoms with van der Waals surface area (Å²) in [5.74, 6) is -7.19. The lowest BCUT2D eigenvalue weighted by molar-refractivity contribution is -0.174. The number of esters is 1. The molecule has 45 heavy (non-hydrogen) atoms. The first-order chi connectivity index (χ1) is 21.3. The number of aromatic carboxylic acids is 1. The fourth-order valence-electron chi connectivity index (χ4n) is 4.40. The molecule has 11 nitrogen and oxygen atoms in total. The Morgan fingerprint density at radius 2 is 1.53 bits per heavy atom. The van der Waals surface area contributed by atoms with Crippen LogP contribution in [-0.4, -0.2) is 50.5 Å². The van der Waals surface area contributed by atoms with Gasteiger partial charge in [-0.2, -0.15) is 13.2 Å². The average Bonchev–Trinajstić information content (AvgIpc) is 3.03. The number of nitrogens with one attached hydrogen (secondary N) is 1. The van der Waals surface area contributed by atoms with Gasteiger partial charge in [-0.05, 0) is 23.3 Å². The zero-order chi connectivity index (χ0) is 32.8. The van der Waals surface area contributed by atoms with Gasteiger partial charge in [-0.1, -0.05) is 72.8 Å². The third-order valence-corrected chi connectivity index (χ3v) is 6.62. The second-order valence-electron chi connectivity index (χ2n) is 9.73. The van der Waals surface area contributed by atoms with Crippen molar-refractivity contribution in [3.8, 4) is 11.4 Å². The third-order valence-electron chi connectivity index (χ3n) is 6.62. The lowest BCUT2D eigenvalue weighted by atomic mass is 10.00. The van der Waals surface area contributed by atoms with Gasteiger partial charge in [-0.15, -0.1) is 0 Å². The largest absolute Gasteiger partial charge is 0.478 e. The molecule has 0 spiro atoms. The molecule has 0 aliphatic heterocycles. The van der Waals surface area contributed by atoms with Gasteiger partial charge in [0.25, 0.3) is 22.9 Å². The number of nitrogens with two attached hydrogens (primary N) is 1. The van der Waals surface area contributed by atoms with Crippen LogP contribution in [0.5, 0.6) is 0 Å². The highest BCUT2D eigenvalue weighted by atomic mass is 19.4. The highest BCUT2D eigenvalue weighted by Crippen LogP contribution is 2.24. The maximum Gasteiger partial charge on any atom is 0.452 e. The Kier molecular flexibility index (Phi) is 9.57. The molecular weight excluding hydrogens is 597 g/mol. The summed E-state index contributed by atoms with van der Waals surface area (Å²) in [6.45, 7) is -0.642. The Labute approximate surface area is 253 Å². The van der Waals surface area contributed by atoms with Crippen molar-refractivity contribution in [3.63, 3.8) is 0 Å². The van der Waals surface area contributed by atoms with E-state index in [1.165, 1.54) is 60.7 Å². The van der Waals surface area contributed by atoms with E-state index in [-0.39, 0.29) is 28.1 Å². The highest BCUT2D eigenvalue weighted by Gasteiger charge is 2.51. The minimum atomic E-state index is -5.39. The van der Waals surface area contributed by atoms with Crippen molar-refractivity contribution in [1.82, 2.24) is 14.9 Å². The van der Waals surface area contributed by atoms with E-state index in [4.69, 9.17) is 10.5 Å². The summed E-state index contributed by atoms with van der Waals surface area (Å²) in [6, 6.07) is 19.0. The van der Waals surface area contributed by atoms with Crippen molar-refractivity contribution in [2.24, 2.45) is 5.73 Å². The number of nitrogens with zero attached hydrogens (tertiary/aromatic N) is 2. The van der Waals surface area contributed by atoms with E-state index >= 15 is 0 Å². The Bertz CT molecular complexity index is 1780. The monoisotopic (exact) mass is 622 g/mol. The minimum Gasteiger partial charge on any atom is -0.478 e. The lowest BCUT2D eigenvalue weighted by Crippen LogP contribution is -2.66. The summed E-state index contributed by atoms with van der Waals surface area (Å²) in [7, 11) is 0. The number of carbonyl (C=O) groups is 4. The molecular formula is C31H25F3N4O7. The van der Waals surface area contributed by atoms with Gasteiger partial charge in [0, 0.05) is 24.2 Å². The van der Waals surface area contributed by atoms with Crippen LogP contribution in [0, 0.1) is 0 Å². The third kappa shape index (κ3) is 7.30. The van der Waals surface area contributed by atoms with Gasteiger partial charge in [0.05, 0.1) is 5.56 Å². The van der Waals surface area contributed by atoms with Gasteiger partial charge in [-0.3, -0.25) is 24.7 Å². The number of alkyl halides is 3. The SMILES string of the molecule is NC(C(=O)NC(Cc1ccccc1)C(=O)C(F)(F)F)(C(=O)OCc1cccc(C(=O)O)c1)n1c(-c2ccccc2)nccc1=O. The van der Waals surface area contributed by atoms with Crippen LogP contribution in [-0.2, 0) is 37.8 Å². The predicted octanol–water partition coefficient (Wildman–Crippen LogP) is 2.82. The highest BCUT2D eigenvalue weighted by molar-refractivity contribution is 6.06. The number of halogens is 3. The van der Waals surface area contributed by atoms with Crippen LogP contribution in [0.2, 0.25) is 0 Å². The molecule has 0 saturated carbocycles. The zero-order valence-corrected chi connectivity index (χ0v) is 23.2. The van der Waals surface area contributed by atoms with Crippen LogP contribution in [0.4, 0.5) is 13.2 Å². The summed E-state index contributed by atoms with van der Waals surface area (Å²) in [4.78, 5) is 68.8. The normalized spacial score (nSPS) is 13.2. The maximum atomic E-state index is 13.9. The smallest absolute Gasteiger partial charge is 0.452 e. The molecule has 4 aromatic rings. The van der Waals surface area contributed by atoms with Crippen LogP contribution in [0.25, 0.3) is 11.4 Å². The number of Topliss-reactive ketones (excluding diaryl/α,β-unsaturated/α-hetero) is 1. The first-order valence-corrected chi connectivity index (χ1v) is 13.2. The average molecular weight is 623 g/mol. The summed E-state index contributed by atoms with van der Waals surface area (Å²) >= 11 is 0. The number of carboxylic acid groups (broad SMARTS) is 1. The van der Waals surface area contributed by atoms with Crippen molar-refractivity contribution in [3.05, 3.63) is 124 Å². The Morgan fingerprint density at radius 1 is 0.911 bits per heavy atom. The summed E-state index contributed by atoms with van der Waals surface area (Å²) in [5, 5.41) is 11.2. The van der Waals surface area contributed by atoms with Crippen LogP contribution in [0.1, 0.15) is 21.5 Å². The molecule has 1 amide bonds. The van der Waals surface area contributed by atoms with E-state index in [2.05, 4.69) is 4.98 Å². The number of rotatable bonds is 11. The quantitative estimate of drug-likeness (QED) is 0.168. The summed E-state index contributed by atoms with van der Waals surface area (Å²) < 4.78 is 46.7. The van der Waals surface area contributed by atoms with E-state index in [9.17, 15) is 42.3 Å². The van der Waals surface area contributed by atoms with E-state index in [1.54, 1.807) is 24.3 Å². The fraction of sp³-hybridized carbons (Fsp3) is 0.161. The Morgan fingerprint density at radius 3 is 2.16 bits per heavy atom. The second kappa shape index (κ2) is 13.3. The van der Waals surface area contributed by atoms with E-state index in [0.29, 0.717) is 4.57 Å². The number of hydrogen-bond donors (Lipinski definition) is 3. The molecule has 0 aliphatic rings. The number of hydrogen-bond acceptors (Lipinski definition) is 8. The topological polar surface area (TPSA) is 171 Å². The summed E-state index contributed by atoms with van der Waals surface area (Å²) in [5.41, 5.74) is 2.58. The summed E-state index contributed by atoms with van der Waals surface area (Å²) in [6.07, 6.45) is -4.95. The molecule has 3 aromatic carbocycles. The standard InChI is InChI=1S/C31H25F3N4O7/c32-31(33,34)25(40)23(17-19-8-3-1-4-9-19)37-28(43)30(35,29(44)45-18-20-10-7-13-22(16-20)27(41)42)38-24(39)14-15-36-26(38)21-11-5-2-6-12-21/h1-16,23H,17-18,35H2,(H,37,43)(H,41,42). The fourth-order valence-corrected chi connectivity index (χ4v) is 4.40. The van der Waals surface area contributed by atoms with Gasteiger partial charge >= 0.3 is 18.1 Å². The van der Waals surface area contributed by atoms with E-state index < -0.39 is 60.1 Å². The van der Waals surface area contributed by atoms with Crippen molar-refractivity contribution in [2.75, 3.05) is 0 Å². The molecule has 0 saturated heterocycles. The Balaban J connectivity index is 1.81. The molecule has 14 heteroatoms. The van der Waals surface area contributed by atoms with E-state index in [1.807, 2.05) is 5.32 Å². The van der Waals surface area contributed by atoms with Crippen LogP contribution < -0.4 is 16.6 Å². The molecule has 1 heterocycles. The van der Waals surface area contributed by atoms with Gasteiger partial charge in [0.2, 0.25) is 0 Å². The first kappa shape index (κ1) is 32.3. The maximum absolute atomic E-state index is 13.9.